The molecule has 1 atom stereocenters. The molecule has 84 valence electrons. The topological polar surface area (TPSA) is 52.1 Å². The van der Waals surface area contributed by atoms with E-state index in [2.05, 4.69) is 17.1 Å². The number of carbonyl (C=O) groups is 1. The number of aromatic nitrogens is 2. The van der Waals surface area contributed by atoms with E-state index in [0.717, 1.165) is 23.6 Å². The summed E-state index contributed by atoms with van der Waals surface area (Å²) in [6.45, 7) is 2.10. The number of hydrogen-bond acceptors (Lipinski definition) is 6. The third-order valence-electron chi connectivity index (χ3n) is 1.87. The van der Waals surface area contributed by atoms with Crippen LogP contribution in [0.25, 0.3) is 0 Å². The van der Waals surface area contributed by atoms with Crippen molar-refractivity contribution in [1.82, 2.24) is 10.2 Å². The first-order valence-corrected chi connectivity index (χ1v) is 6.54. The lowest BCUT2D eigenvalue weighted by Crippen LogP contribution is -2.18. The average Bonchev–Trinajstić information content (AvgIpc) is 2.75. The molecule has 15 heavy (non-hydrogen) atoms. The summed E-state index contributed by atoms with van der Waals surface area (Å²) >= 11 is 2.88. The molecule has 6 heteroatoms. The molecule has 1 unspecified atom stereocenters. The van der Waals surface area contributed by atoms with Gasteiger partial charge in [0.25, 0.3) is 0 Å². The van der Waals surface area contributed by atoms with E-state index in [1.807, 2.05) is 0 Å². The quantitative estimate of drug-likeness (QED) is 0.569. The minimum absolute atomic E-state index is 0.150. The average molecular weight is 246 g/mol. The fraction of sp³-hybridized carbons (Fsp3) is 0.667. The largest absolute Gasteiger partial charge is 0.468 e. The van der Waals surface area contributed by atoms with Crippen LogP contribution in [0.1, 0.15) is 26.2 Å². The lowest BCUT2D eigenvalue weighted by molar-refractivity contribution is -0.140. The molecular formula is C9H14N2O2S2. The maximum atomic E-state index is 11.5. The Balaban J connectivity index is 2.52. The van der Waals surface area contributed by atoms with Crippen LogP contribution in [0.2, 0.25) is 0 Å². The van der Waals surface area contributed by atoms with Gasteiger partial charge in [-0.25, -0.2) is 0 Å². The number of nitrogens with zero attached hydrogens (tertiary/aromatic N) is 2. The van der Waals surface area contributed by atoms with Crippen molar-refractivity contribution in [1.29, 1.82) is 0 Å². The van der Waals surface area contributed by atoms with Crippen LogP contribution in [0.5, 0.6) is 0 Å². The molecule has 0 saturated heterocycles. The van der Waals surface area contributed by atoms with Crippen molar-refractivity contribution in [2.45, 2.75) is 35.8 Å². The molecule has 0 saturated carbocycles. The Bertz CT molecular complexity index is 290. The van der Waals surface area contributed by atoms with E-state index in [-0.39, 0.29) is 11.2 Å². The van der Waals surface area contributed by atoms with Gasteiger partial charge in [0, 0.05) is 0 Å². The lowest BCUT2D eigenvalue weighted by Gasteiger charge is -2.11. The number of thioether (sulfide) groups is 1. The third kappa shape index (κ3) is 4.17. The number of ether oxygens (including phenoxy) is 1. The van der Waals surface area contributed by atoms with Crippen LogP contribution in [0.4, 0.5) is 0 Å². The predicted octanol–water partition coefficient (Wildman–Crippen LogP) is 2.36. The van der Waals surface area contributed by atoms with Crippen LogP contribution in [0, 0.1) is 0 Å². The van der Waals surface area contributed by atoms with Crippen LogP contribution in [0.3, 0.4) is 0 Å². The van der Waals surface area contributed by atoms with Crippen LogP contribution < -0.4 is 0 Å². The highest BCUT2D eigenvalue weighted by Gasteiger charge is 2.21. The van der Waals surface area contributed by atoms with Gasteiger partial charge in [0.15, 0.2) is 4.34 Å². The first kappa shape index (κ1) is 12.4. The minimum atomic E-state index is -0.177. The van der Waals surface area contributed by atoms with Gasteiger partial charge < -0.3 is 4.74 Å². The first-order valence-electron chi connectivity index (χ1n) is 4.78. The van der Waals surface area contributed by atoms with Crippen LogP contribution in [-0.4, -0.2) is 28.5 Å². The zero-order valence-electron chi connectivity index (χ0n) is 8.80. The monoisotopic (exact) mass is 246 g/mol. The van der Waals surface area contributed by atoms with Crippen molar-refractivity contribution in [3.63, 3.8) is 0 Å². The fourth-order valence-corrected chi connectivity index (χ4v) is 2.87. The molecule has 0 spiro atoms. The second kappa shape index (κ2) is 6.79. The van der Waals surface area contributed by atoms with Gasteiger partial charge in [0.1, 0.15) is 10.8 Å². The molecule has 4 nitrogen and oxygen atoms in total. The second-order valence-electron chi connectivity index (χ2n) is 2.98. The van der Waals surface area contributed by atoms with E-state index >= 15 is 0 Å². The predicted molar refractivity (Wildman–Crippen MR) is 61.1 cm³/mol. The van der Waals surface area contributed by atoms with E-state index in [1.165, 1.54) is 30.2 Å². The normalized spacial score (nSPS) is 12.4. The highest BCUT2D eigenvalue weighted by Crippen LogP contribution is 2.28. The van der Waals surface area contributed by atoms with Crippen molar-refractivity contribution in [3.8, 4) is 0 Å². The number of rotatable bonds is 6. The number of esters is 1. The molecule has 1 aromatic heterocycles. The fourth-order valence-electron chi connectivity index (χ4n) is 1.08. The van der Waals surface area contributed by atoms with E-state index < -0.39 is 0 Å². The van der Waals surface area contributed by atoms with Crippen LogP contribution in [-0.2, 0) is 9.53 Å². The highest BCUT2D eigenvalue weighted by molar-refractivity contribution is 8.02. The summed E-state index contributed by atoms with van der Waals surface area (Å²) < 4.78 is 5.58. The van der Waals surface area contributed by atoms with Gasteiger partial charge in [-0.3, -0.25) is 4.79 Å². The smallest absolute Gasteiger partial charge is 0.319 e. The molecule has 1 rings (SSSR count). The zero-order valence-corrected chi connectivity index (χ0v) is 10.4. The van der Waals surface area contributed by atoms with Gasteiger partial charge in [-0.2, -0.15) is 0 Å². The molecule has 0 aliphatic heterocycles. The minimum Gasteiger partial charge on any atom is -0.468 e. The second-order valence-corrected chi connectivity index (χ2v) is 5.26. The molecule has 0 aromatic carbocycles. The van der Waals surface area contributed by atoms with E-state index in [9.17, 15) is 4.79 Å². The molecule has 0 fully saturated rings. The number of hydrogen-bond donors (Lipinski definition) is 0. The molecule has 0 aliphatic carbocycles. The maximum Gasteiger partial charge on any atom is 0.319 e. The molecule has 0 N–H and O–H groups in total. The summed E-state index contributed by atoms with van der Waals surface area (Å²) in [4.78, 5) is 11.5. The van der Waals surface area contributed by atoms with Gasteiger partial charge in [-0.05, 0) is 6.42 Å². The Morgan fingerprint density at radius 2 is 2.53 bits per heavy atom. The van der Waals surface area contributed by atoms with Gasteiger partial charge in [-0.1, -0.05) is 42.9 Å². The van der Waals surface area contributed by atoms with Gasteiger partial charge in [0.05, 0.1) is 7.11 Å². The molecule has 1 heterocycles. The van der Waals surface area contributed by atoms with E-state index in [0.29, 0.717) is 0 Å². The Kier molecular flexibility index (Phi) is 5.63. The number of methoxy groups -OCH3 is 1. The van der Waals surface area contributed by atoms with Crippen molar-refractivity contribution in [2.24, 2.45) is 0 Å². The third-order valence-corrected chi connectivity index (χ3v) is 3.92. The Hall–Kier alpha value is -0.620. The first-order chi connectivity index (χ1) is 7.27. The van der Waals surface area contributed by atoms with Crippen molar-refractivity contribution in [2.75, 3.05) is 7.11 Å². The SMILES string of the molecule is CCCCC(Sc1nncs1)C(=O)OC. The summed E-state index contributed by atoms with van der Waals surface area (Å²) in [5.41, 5.74) is 1.66. The Labute approximate surface area is 97.4 Å². The number of unbranched alkanes of at least 4 members (excludes halogenated alkanes) is 1. The van der Waals surface area contributed by atoms with E-state index in [1.54, 1.807) is 5.51 Å². The van der Waals surface area contributed by atoms with Gasteiger partial charge >= 0.3 is 5.97 Å². The standard InChI is InChI=1S/C9H14N2O2S2/c1-3-4-5-7(8(12)13-2)15-9-11-10-6-14-9/h6-7H,3-5H2,1-2H3. The Morgan fingerprint density at radius 1 is 1.73 bits per heavy atom. The van der Waals surface area contributed by atoms with Gasteiger partial charge in [-0.15, -0.1) is 10.2 Å². The molecular weight excluding hydrogens is 232 g/mol. The zero-order chi connectivity index (χ0) is 11.1. The van der Waals surface area contributed by atoms with Crippen LogP contribution >= 0.6 is 23.1 Å². The highest BCUT2D eigenvalue weighted by atomic mass is 32.2. The van der Waals surface area contributed by atoms with Crippen molar-refractivity contribution in [3.05, 3.63) is 5.51 Å². The maximum absolute atomic E-state index is 11.5. The summed E-state index contributed by atoms with van der Waals surface area (Å²) in [5.74, 6) is -0.177. The number of carbonyl (C=O) groups excluding carboxylic acids is 1. The summed E-state index contributed by atoms with van der Waals surface area (Å²) in [6.07, 6.45) is 2.92. The molecule has 0 radical (unpaired) electrons. The summed E-state index contributed by atoms with van der Waals surface area (Å²) in [5, 5.41) is 7.49. The Morgan fingerprint density at radius 3 is 3.07 bits per heavy atom. The molecule has 0 amide bonds. The molecule has 1 aromatic rings. The van der Waals surface area contributed by atoms with Crippen LogP contribution in [0.15, 0.2) is 9.85 Å². The van der Waals surface area contributed by atoms with Crippen molar-refractivity contribution >= 4 is 29.1 Å². The lowest BCUT2D eigenvalue weighted by atomic mass is 10.2. The van der Waals surface area contributed by atoms with E-state index in [4.69, 9.17) is 4.74 Å². The summed E-state index contributed by atoms with van der Waals surface area (Å²) in [7, 11) is 1.42. The molecule has 0 aliphatic rings. The summed E-state index contributed by atoms with van der Waals surface area (Å²) in [6, 6.07) is 0. The van der Waals surface area contributed by atoms with Crippen molar-refractivity contribution < 1.29 is 9.53 Å². The molecule has 0 bridgehead atoms. The van der Waals surface area contributed by atoms with Gasteiger partial charge in [0.2, 0.25) is 0 Å².